The molecule has 7 nitrogen and oxygen atoms in total. The first-order chi connectivity index (χ1) is 14.0. The first-order valence-corrected chi connectivity index (χ1v) is 10.2. The molecule has 0 radical (unpaired) electrons. The molecule has 1 heterocycles. The van der Waals surface area contributed by atoms with Crippen molar-refractivity contribution in [3.63, 3.8) is 0 Å². The normalized spacial score (nSPS) is 21.7. The van der Waals surface area contributed by atoms with Crippen LogP contribution in [0.15, 0.2) is 42.5 Å². The molecule has 2 aromatic carbocycles. The molecule has 2 aliphatic rings. The number of nitrogens with one attached hydrogen (secondary N) is 2. The third-order valence-corrected chi connectivity index (χ3v) is 5.73. The number of hydrogen-bond acceptors (Lipinski definition) is 3. The number of nitrogens with zero attached hydrogens (tertiary/aromatic N) is 2. The molecule has 3 N–H and O–H groups in total. The van der Waals surface area contributed by atoms with E-state index in [1.165, 1.54) is 5.39 Å². The molecule has 2 aromatic rings. The second kappa shape index (κ2) is 8.29. The Morgan fingerprint density at radius 2 is 1.86 bits per heavy atom. The van der Waals surface area contributed by atoms with Gasteiger partial charge in [-0.3, -0.25) is 0 Å². The van der Waals surface area contributed by atoms with Crippen LogP contribution in [-0.4, -0.2) is 65.3 Å². The molecule has 4 amide bonds. The van der Waals surface area contributed by atoms with Crippen molar-refractivity contribution in [2.24, 2.45) is 0 Å². The van der Waals surface area contributed by atoms with Gasteiger partial charge in [0, 0.05) is 32.7 Å². The molecule has 0 bridgehead atoms. The number of aliphatic hydroxyl groups is 1. The largest absolute Gasteiger partial charge is 0.391 e. The van der Waals surface area contributed by atoms with Gasteiger partial charge in [-0.2, -0.15) is 0 Å². The van der Waals surface area contributed by atoms with Gasteiger partial charge in [0.05, 0.1) is 12.1 Å². The maximum Gasteiger partial charge on any atom is 0.318 e. The molecule has 29 heavy (non-hydrogen) atoms. The van der Waals surface area contributed by atoms with Gasteiger partial charge in [-0.05, 0) is 41.7 Å². The summed E-state index contributed by atoms with van der Waals surface area (Å²) in [5.41, 5.74) is 1.04. The van der Waals surface area contributed by atoms with Crippen LogP contribution in [0.1, 0.15) is 24.8 Å². The molecule has 2 fully saturated rings. The highest BCUT2D eigenvalue weighted by Crippen LogP contribution is 2.31. The summed E-state index contributed by atoms with van der Waals surface area (Å²) in [5, 5.41) is 18.2. The number of hydrogen-bond donors (Lipinski definition) is 3. The van der Waals surface area contributed by atoms with Crippen molar-refractivity contribution in [3.8, 4) is 0 Å². The fraction of sp³-hybridized carbons (Fsp3) is 0.455. The Bertz CT molecular complexity index is 899. The molecule has 0 spiro atoms. The zero-order valence-corrected chi connectivity index (χ0v) is 16.7. The summed E-state index contributed by atoms with van der Waals surface area (Å²) in [4.78, 5) is 28.5. The third kappa shape index (κ3) is 4.45. The number of benzene rings is 2. The second-order valence-corrected chi connectivity index (χ2v) is 7.98. The van der Waals surface area contributed by atoms with Crippen molar-refractivity contribution in [1.82, 2.24) is 20.4 Å². The highest BCUT2D eigenvalue weighted by Gasteiger charge is 2.41. The number of carbonyl (C=O) groups excluding carboxylic acids is 2. The van der Waals surface area contributed by atoms with Crippen LogP contribution in [0.5, 0.6) is 0 Å². The fourth-order valence-electron chi connectivity index (χ4n) is 4.17. The molecule has 0 aromatic heterocycles. The first-order valence-electron chi connectivity index (χ1n) is 10.2. The van der Waals surface area contributed by atoms with Crippen molar-refractivity contribution in [2.45, 2.75) is 44.0 Å². The van der Waals surface area contributed by atoms with Crippen molar-refractivity contribution in [2.75, 3.05) is 20.1 Å². The molecule has 7 heteroatoms. The van der Waals surface area contributed by atoms with Crippen LogP contribution in [0.25, 0.3) is 10.8 Å². The van der Waals surface area contributed by atoms with E-state index in [-0.39, 0.29) is 24.1 Å². The summed E-state index contributed by atoms with van der Waals surface area (Å²) in [6.07, 6.45) is 1.81. The van der Waals surface area contributed by atoms with Gasteiger partial charge >= 0.3 is 12.1 Å². The molecule has 4 rings (SSSR count). The smallest absolute Gasteiger partial charge is 0.318 e. The lowest BCUT2D eigenvalue weighted by Gasteiger charge is -2.41. The van der Waals surface area contributed by atoms with Crippen LogP contribution in [0.3, 0.4) is 0 Å². The maximum atomic E-state index is 13.0. The van der Waals surface area contributed by atoms with Crippen molar-refractivity contribution < 1.29 is 14.7 Å². The topological polar surface area (TPSA) is 84.9 Å². The van der Waals surface area contributed by atoms with E-state index in [4.69, 9.17) is 0 Å². The SMILES string of the molecule is CNC(=O)N1C[C@@H](O)C[C@@H](N(C(=O)NCc2ccc3ccccc3c2)C2CC2)C1. The first kappa shape index (κ1) is 19.5. The number of likely N-dealkylation sites (tertiary alicyclic amines) is 1. The number of rotatable bonds is 4. The molecule has 1 saturated heterocycles. The summed E-state index contributed by atoms with van der Waals surface area (Å²) >= 11 is 0. The average molecular weight is 396 g/mol. The van der Waals surface area contributed by atoms with Gasteiger partial charge < -0.3 is 25.5 Å². The number of carbonyl (C=O) groups is 2. The van der Waals surface area contributed by atoms with Gasteiger partial charge in [0.25, 0.3) is 0 Å². The molecule has 1 aliphatic carbocycles. The van der Waals surface area contributed by atoms with Crippen LogP contribution in [0, 0.1) is 0 Å². The van der Waals surface area contributed by atoms with Crippen LogP contribution in [0.4, 0.5) is 9.59 Å². The Morgan fingerprint density at radius 3 is 2.59 bits per heavy atom. The number of β-amino-alcohol motifs (C(OH)–C–C–N with tert-alkyl or cyclic N) is 1. The minimum absolute atomic E-state index is 0.128. The Labute approximate surface area is 170 Å². The van der Waals surface area contributed by atoms with E-state index in [2.05, 4.69) is 34.9 Å². The number of amides is 4. The number of piperidine rings is 1. The highest BCUT2D eigenvalue weighted by molar-refractivity contribution is 5.83. The molecule has 1 aliphatic heterocycles. The lowest BCUT2D eigenvalue weighted by Crippen LogP contribution is -2.59. The lowest BCUT2D eigenvalue weighted by molar-refractivity contribution is 0.0357. The maximum absolute atomic E-state index is 13.0. The zero-order valence-electron chi connectivity index (χ0n) is 16.7. The van der Waals surface area contributed by atoms with Gasteiger partial charge in [-0.15, -0.1) is 0 Å². The number of fused-ring (bicyclic) bond motifs is 1. The highest BCUT2D eigenvalue weighted by atomic mass is 16.3. The monoisotopic (exact) mass is 396 g/mol. The Morgan fingerprint density at radius 1 is 1.10 bits per heavy atom. The van der Waals surface area contributed by atoms with Gasteiger partial charge in [0.2, 0.25) is 0 Å². The lowest BCUT2D eigenvalue weighted by atomic mass is 10.0. The minimum Gasteiger partial charge on any atom is -0.391 e. The summed E-state index contributed by atoms with van der Waals surface area (Å²) in [7, 11) is 1.58. The van der Waals surface area contributed by atoms with Gasteiger partial charge in [-0.1, -0.05) is 36.4 Å². The van der Waals surface area contributed by atoms with Crippen LogP contribution < -0.4 is 10.6 Å². The predicted octanol–water partition coefficient (Wildman–Crippen LogP) is 2.29. The molecule has 1 saturated carbocycles. The van der Waals surface area contributed by atoms with Crippen LogP contribution >= 0.6 is 0 Å². The summed E-state index contributed by atoms with van der Waals surface area (Å²) in [6, 6.07) is 14.0. The van der Waals surface area contributed by atoms with Crippen molar-refractivity contribution in [1.29, 1.82) is 0 Å². The number of aliphatic hydroxyl groups excluding tert-OH is 1. The van der Waals surface area contributed by atoms with Gasteiger partial charge in [0.15, 0.2) is 0 Å². The minimum atomic E-state index is -0.624. The van der Waals surface area contributed by atoms with E-state index in [1.54, 1.807) is 11.9 Å². The molecule has 0 unspecified atom stereocenters. The van der Waals surface area contributed by atoms with Crippen LogP contribution in [-0.2, 0) is 6.54 Å². The fourth-order valence-corrected chi connectivity index (χ4v) is 4.17. The number of urea groups is 2. The predicted molar refractivity (Wildman–Crippen MR) is 111 cm³/mol. The van der Waals surface area contributed by atoms with Gasteiger partial charge in [0.1, 0.15) is 0 Å². The van der Waals surface area contributed by atoms with Crippen molar-refractivity contribution in [3.05, 3.63) is 48.0 Å². The average Bonchev–Trinajstić information content (AvgIpc) is 3.56. The van der Waals surface area contributed by atoms with E-state index in [1.807, 2.05) is 23.1 Å². The third-order valence-electron chi connectivity index (χ3n) is 5.73. The van der Waals surface area contributed by atoms with E-state index >= 15 is 0 Å². The second-order valence-electron chi connectivity index (χ2n) is 7.98. The standard InChI is InChI=1S/C22H28N4O3/c1-23-21(28)25-13-19(11-20(27)14-25)26(18-8-9-18)22(29)24-12-15-6-7-16-4-2-3-5-17(16)10-15/h2-7,10,18-20,27H,8-9,11-14H2,1H3,(H,23,28)(H,24,29)/t19-,20+/m1/s1. The van der Waals surface area contributed by atoms with E-state index < -0.39 is 6.10 Å². The molecule has 2 atom stereocenters. The zero-order chi connectivity index (χ0) is 20.4. The Balaban J connectivity index is 1.43. The Hall–Kier alpha value is -2.80. The quantitative estimate of drug-likeness (QED) is 0.741. The van der Waals surface area contributed by atoms with E-state index in [0.717, 1.165) is 23.8 Å². The summed E-state index contributed by atoms with van der Waals surface area (Å²) in [5.74, 6) is 0. The van der Waals surface area contributed by atoms with Crippen LogP contribution in [0.2, 0.25) is 0 Å². The Kier molecular flexibility index (Phi) is 5.58. The van der Waals surface area contributed by atoms with E-state index in [0.29, 0.717) is 26.1 Å². The molecule has 154 valence electrons. The summed E-state index contributed by atoms with van der Waals surface area (Å²) in [6.45, 7) is 1.19. The molecular weight excluding hydrogens is 368 g/mol. The van der Waals surface area contributed by atoms with E-state index in [9.17, 15) is 14.7 Å². The van der Waals surface area contributed by atoms with Crippen molar-refractivity contribution >= 4 is 22.8 Å². The summed E-state index contributed by atoms with van der Waals surface area (Å²) < 4.78 is 0. The molecular formula is C22H28N4O3. The van der Waals surface area contributed by atoms with Gasteiger partial charge in [-0.25, -0.2) is 9.59 Å².